The number of piperidine rings is 1. The number of hydrogen-bond acceptors (Lipinski definition) is 9. The molecule has 1 aliphatic carbocycles. The highest BCUT2D eigenvalue weighted by Crippen LogP contribution is 2.61. The third kappa shape index (κ3) is 5.45. The van der Waals surface area contributed by atoms with Crippen LogP contribution in [0.25, 0.3) is 0 Å². The van der Waals surface area contributed by atoms with Crippen molar-refractivity contribution < 1.29 is 29.0 Å². The van der Waals surface area contributed by atoms with Crippen LogP contribution in [-0.4, -0.2) is 103 Å². The van der Waals surface area contributed by atoms with Gasteiger partial charge in [0, 0.05) is 44.7 Å². The number of carbonyl (C=O) groups is 3. The Bertz CT molecular complexity index is 1210. The van der Waals surface area contributed by atoms with Crippen molar-refractivity contribution in [2.75, 3.05) is 40.3 Å². The van der Waals surface area contributed by atoms with Crippen molar-refractivity contribution >= 4 is 23.7 Å². The number of amides is 2. The van der Waals surface area contributed by atoms with E-state index in [1.165, 1.54) is 4.90 Å². The van der Waals surface area contributed by atoms with Crippen molar-refractivity contribution in [3.05, 3.63) is 23.3 Å². The van der Waals surface area contributed by atoms with Crippen LogP contribution in [-0.2, 0) is 15.0 Å². The van der Waals surface area contributed by atoms with Gasteiger partial charge in [0.1, 0.15) is 0 Å². The van der Waals surface area contributed by atoms with Gasteiger partial charge in [0.2, 0.25) is 5.91 Å². The third-order valence-electron chi connectivity index (χ3n) is 9.09. The summed E-state index contributed by atoms with van der Waals surface area (Å²) in [7, 11) is 3.53. The maximum Gasteiger partial charge on any atom is 0.415 e. The molecule has 4 rings (SSSR count). The van der Waals surface area contributed by atoms with Crippen molar-refractivity contribution in [3.63, 3.8) is 0 Å². The zero-order chi connectivity index (χ0) is 30.1. The fourth-order valence-electron chi connectivity index (χ4n) is 6.60. The number of nitrogens with two attached hydrogens (primary N) is 2. The Balaban J connectivity index is 1.43. The van der Waals surface area contributed by atoms with Crippen LogP contribution in [0, 0.1) is 12.3 Å². The first-order valence-electron chi connectivity index (χ1n) is 14.1. The second kappa shape index (κ2) is 11.8. The maximum absolute atomic E-state index is 13.2. The Morgan fingerprint density at radius 3 is 2.76 bits per heavy atom. The van der Waals surface area contributed by atoms with E-state index < -0.39 is 29.3 Å². The molecule has 5 atom stereocenters. The van der Waals surface area contributed by atoms with E-state index in [0.29, 0.717) is 44.5 Å². The number of likely N-dealkylation sites (tertiary alicyclic amines) is 1. The third-order valence-corrected chi connectivity index (χ3v) is 9.09. The summed E-state index contributed by atoms with van der Waals surface area (Å²) >= 11 is 0. The van der Waals surface area contributed by atoms with Gasteiger partial charge in [0.05, 0.1) is 17.1 Å². The second-order valence-corrected chi connectivity index (χ2v) is 11.5. The molecule has 3 aliphatic rings. The molecule has 2 fully saturated rings. The van der Waals surface area contributed by atoms with Crippen LogP contribution >= 0.6 is 0 Å². The molecule has 1 aromatic carbocycles. The molecule has 2 heterocycles. The number of fused-ring (bicyclic) bond motifs is 1. The number of aliphatic hydroxyl groups is 1. The SMILES string of the molecule is Cc1ccc(OC(=O)N(C)CCNC(=O)[C@@H](N)CCCNC(=N)N)c2c1[C@]13CCN(C)[C@H](C)[C@]1(O)CCC(=O)[C@@H]3O2. The average Bonchev–Trinajstić information content (AvgIpc) is 3.30. The first-order chi connectivity index (χ1) is 19.3. The highest BCUT2D eigenvalue weighted by atomic mass is 16.6. The molecule has 0 radical (unpaired) electrons. The zero-order valence-electron chi connectivity index (χ0n) is 24.3. The first kappa shape index (κ1) is 30.5. The second-order valence-electron chi connectivity index (χ2n) is 11.5. The summed E-state index contributed by atoms with van der Waals surface area (Å²) in [6.07, 6.45) is 0.591. The van der Waals surface area contributed by atoms with Gasteiger partial charge in [-0.05, 0) is 64.8 Å². The molecule has 13 heteroatoms. The summed E-state index contributed by atoms with van der Waals surface area (Å²) in [5.41, 5.74) is 10.7. The molecule has 0 unspecified atom stereocenters. The molecule has 0 bridgehead atoms. The number of aryl methyl sites for hydroxylation is 1. The lowest BCUT2D eigenvalue weighted by atomic mass is 9.52. The summed E-state index contributed by atoms with van der Waals surface area (Å²) in [5, 5.41) is 24.7. The Kier molecular flexibility index (Phi) is 8.81. The van der Waals surface area contributed by atoms with Crippen LogP contribution in [0.5, 0.6) is 11.5 Å². The molecule has 1 aromatic rings. The van der Waals surface area contributed by atoms with Gasteiger partial charge >= 0.3 is 6.09 Å². The lowest BCUT2D eigenvalue weighted by Gasteiger charge is -2.58. The minimum atomic E-state index is -1.18. The van der Waals surface area contributed by atoms with Gasteiger partial charge in [-0.3, -0.25) is 15.0 Å². The lowest BCUT2D eigenvalue weighted by molar-refractivity contribution is -0.178. The van der Waals surface area contributed by atoms with Gasteiger partial charge in [-0.15, -0.1) is 0 Å². The Morgan fingerprint density at radius 1 is 1.32 bits per heavy atom. The molecule has 1 saturated carbocycles. The largest absolute Gasteiger partial charge is 0.477 e. The maximum atomic E-state index is 13.2. The number of ketones is 1. The van der Waals surface area contributed by atoms with E-state index in [2.05, 4.69) is 15.5 Å². The van der Waals surface area contributed by atoms with E-state index in [1.807, 2.05) is 27.0 Å². The monoisotopic (exact) mass is 573 g/mol. The quantitative estimate of drug-likeness (QED) is 0.132. The van der Waals surface area contributed by atoms with Gasteiger partial charge in [-0.2, -0.15) is 0 Å². The number of benzene rings is 1. The molecule has 226 valence electrons. The van der Waals surface area contributed by atoms with E-state index in [0.717, 1.165) is 11.1 Å². The Labute approximate surface area is 240 Å². The number of likely N-dealkylation sites (N-methyl/N-ethyl adjacent to an activating group) is 2. The number of ether oxygens (including phenoxy) is 2. The van der Waals surface area contributed by atoms with Gasteiger partial charge in [-0.1, -0.05) is 6.07 Å². The van der Waals surface area contributed by atoms with Gasteiger partial charge in [0.25, 0.3) is 0 Å². The molecule has 41 heavy (non-hydrogen) atoms. The van der Waals surface area contributed by atoms with Crippen LogP contribution in [0.4, 0.5) is 4.79 Å². The molecule has 0 aromatic heterocycles. The predicted octanol–water partition coefficient (Wildman–Crippen LogP) is -0.0508. The number of hydrogen-bond donors (Lipinski definition) is 6. The van der Waals surface area contributed by atoms with Crippen LogP contribution in [0.2, 0.25) is 0 Å². The smallest absolute Gasteiger partial charge is 0.415 e. The normalized spacial score (nSPS) is 27.5. The average molecular weight is 574 g/mol. The number of guanidine groups is 1. The Morgan fingerprint density at radius 2 is 2.05 bits per heavy atom. The fraction of sp³-hybridized carbons (Fsp3) is 0.643. The number of nitrogens with one attached hydrogen (secondary N) is 3. The topological polar surface area (TPSA) is 196 Å². The number of carbonyl (C=O) groups excluding carboxylic acids is 3. The van der Waals surface area contributed by atoms with Crippen LogP contribution in [0.15, 0.2) is 12.1 Å². The molecular weight excluding hydrogens is 530 g/mol. The summed E-state index contributed by atoms with van der Waals surface area (Å²) in [5.74, 6) is -0.00494. The summed E-state index contributed by atoms with van der Waals surface area (Å²) in [4.78, 5) is 41.9. The molecular formula is C28H43N7O6. The zero-order valence-corrected chi connectivity index (χ0v) is 24.3. The van der Waals surface area contributed by atoms with Crippen molar-refractivity contribution in [1.82, 2.24) is 20.4 Å². The molecule has 13 nitrogen and oxygen atoms in total. The minimum Gasteiger partial charge on any atom is -0.477 e. The highest BCUT2D eigenvalue weighted by molar-refractivity contribution is 5.90. The van der Waals surface area contributed by atoms with E-state index in [4.69, 9.17) is 26.4 Å². The van der Waals surface area contributed by atoms with Crippen LogP contribution in [0.1, 0.15) is 50.2 Å². The summed E-state index contributed by atoms with van der Waals surface area (Å²) < 4.78 is 12.0. The van der Waals surface area contributed by atoms with Crippen molar-refractivity contribution in [1.29, 1.82) is 5.41 Å². The first-order valence-corrected chi connectivity index (χ1v) is 14.1. The molecule has 1 saturated heterocycles. The van der Waals surface area contributed by atoms with Crippen LogP contribution in [0.3, 0.4) is 0 Å². The van der Waals surface area contributed by atoms with E-state index in [9.17, 15) is 19.5 Å². The van der Waals surface area contributed by atoms with Gasteiger partial charge < -0.3 is 46.5 Å². The summed E-state index contributed by atoms with van der Waals surface area (Å²) in [6.45, 7) is 5.39. The molecule has 2 aliphatic heterocycles. The van der Waals surface area contributed by atoms with Gasteiger partial charge in [-0.25, -0.2) is 4.79 Å². The number of Topliss-reactive ketones (excluding diaryl/α,β-unsaturated/α-hetero) is 1. The fourth-order valence-corrected chi connectivity index (χ4v) is 6.60. The lowest BCUT2D eigenvalue weighted by Crippen LogP contribution is -2.73. The summed E-state index contributed by atoms with van der Waals surface area (Å²) in [6, 6.07) is 2.56. The number of nitrogens with zero attached hydrogens (tertiary/aromatic N) is 2. The van der Waals surface area contributed by atoms with Crippen LogP contribution < -0.4 is 31.6 Å². The van der Waals surface area contributed by atoms with E-state index in [-0.39, 0.29) is 49.0 Å². The van der Waals surface area contributed by atoms with Crippen molar-refractivity contribution in [2.24, 2.45) is 11.5 Å². The van der Waals surface area contributed by atoms with Crippen molar-refractivity contribution in [3.8, 4) is 11.5 Å². The predicted molar refractivity (Wildman–Crippen MR) is 152 cm³/mol. The number of rotatable bonds is 9. The van der Waals surface area contributed by atoms with E-state index >= 15 is 0 Å². The standard InChI is InChI=1S/C28H43N7O6/c1-16-7-8-20(40-26(38)35(4)15-13-32-24(37)18(29)6-5-12-33-25(30)31)22-21(16)27-11-14-34(3)17(2)28(27,39)10-9-19(36)23(27)41-22/h7-8,17-18,23,39H,5-6,9-15,29H2,1-4H3,(H,32,37)(H4,30,31,33)/t17-,18+,23+,27+,28-/m1/s1. The molecule has 2 amide bonds. The molecule has 1 spiro atoms. The van der Waals surface area contributed by atoms with E-state index in [1.54, 1.807) is 13.1 Å². The Hall–Kier alpha value is -3.42. The highest BCUT2D eigenvalue weighted by Gasteiger charge is 2.70. The minimum absolute atomic E-state index is 0.0551. The van der Waals surface area contributed by atoms with Gasteiger partial charge in [0.15, 0.2) is 29.3 Å². The van der Waals surface area contributed by atoms with Crippen molar-refractivity contribution in [2.45, 2.75) is 75.2 Å². The molecule has 8 N–H and O–H groups in total.